The van der Waals surface area contributed by atoms with Crippen LogP contribution in [0.5, 0.6) is 0 Å². The first kappa shape index (κ1) is 20.3. The molecule has 3 heterocycles. The number of amides is 4. The van der Waals surface area contributed by atoms with Gasteiger partial charge in [-0.1, -0.05) is 13.0 Å². The molecule has 0 bridgehead atoms. The zero-order valence-corrected chi connectivity index (χ0v) is 17.7. The molecule has 0 aromatic carbocycles. The van der Waals surface area contributed by atoms with Crippen LogP contribution in [0.25, 0.3) is 0 Å². The van der Waals surface area contributed by atoms with Gasteiger partial charge in [0, 0.05) is 37.6 Å². The number of carbonyl (C=O) groups excluding carboxylic acids is 3. The van der Waals surface area contributed by atoms with Gasteiger partial charge in [0.2, 0.25) is 0 Å². The summed E-state index contributed by atoms with van der Waals surface area (Å²) >= 11 is 1.76. The minimum Gasteiger partial charge on any atom is -0.322 e. The lowest BCUT2D eigenvalue weighted by atomic mass is 9.77. The highest BCUT2D eigenvalue weighted by Gasteiger charge is 2.52. The van der Waals surface area contributed by atoms with Crippen LogP contribution in [-0.2, 0) is 16.1 Å². The molecule has 8 nitrogen and oxygen atoms in total. The van der Waals surface area contributed by atoms with Gasteiger partial charge in [0.25, 0.3) is 11.8 Å². The van der Waals surface area contributed by atoms with E-state index in [-0.39, 0.29) is 18.4 Å². The van der Waals surface area contributed by atoms with E-state index in [1.54, 1.807) is 11.3 Å². The summed E-state index contributed by atoms with van der Waals surface area (Å²) in [5.74, 6) is -0.0718. The molecule has 4 rings (SSSR count). The minimum absolute atomic E-state index is 0.188. The topological polar surface area (TPSA) is 85.0 Å². The molecule has 0 atom stereocenters. The number of rotatable bonds is 5. The number of nitrogens with one attached hydrogen (secondary N) is 2. The molecule has 1 aromatic rings. The van der Waals surface area contributed by atoms with E-state index in [1.807, 2.05) is 0 Å². The third kappa shape index (κ3) is 4.46. The molecule has 3 aliphatic rings. The summed E-state index contributed by atoms with van der Waals surface area (Å²) in [4.78, 5) is 43.4. The summed E-state index contributed by atoms with van der Waals surface area (Å²) in [7, 11) is 0. The van der Waals surface area contributed by atoms with E-state index in [4.69, 9.17) is 0 Å². The Bertz CT molecular complexity index is 752. The van der Waals surface area contributed by atoms with Crippen molar-refractivity contribution in [3.63, 3.8) is 0 Å². The number of nitrogens with zero attached hydrogens (tertiary/aromatic N) is 3. The van der Waals surface area contributed by atoms with Gasteiger partial charge in [-0.25, -0.2) is 4.79 Å². The highest BCUT2D eigenvalue weighted by atomic mass is 32.1. The molecule has 9 heteroatoms. The number of imide groups is 1. The van der Waals surface area contributed by atoms with Crippen LogP contribution < -0.4 is 10.7 Å². The van der Waals surface area contributed by atoms with Crippen molar-refractivity contribution in [3.8, 4) is 0 Å². The van der Waals surface area contributed by atoms with Gasteiger partial charge in [0.1, 0.15) is 5.54 Å². The molecular formula is C20H29N5O3S. The maximum absolute atomic E-state index is 12.8. The van der Waals surface area contributed by atoms with Crippen molar-refractivity contribution < 1.29 is 14.4 Å². The normalized spacial score (nSPS) is 28.7. The molecule has 2 N–H and O–H groups in total. The minimum atomic E-state index is -0.829. The fourth-order valence-corrected chi connectivity index (χ4v) is 5.15. The SMILES string of the molecule is CC1CCC2(CC1)NC(=O)N(NC(=O)CN1CCN(Cc3cccs3)CC1)C2=O. The Balaban J connectivity index is 1.25. The zero-order chi connectivity index (χ0) is 20.4. The van der Waals surface area contributed by atoms with Crippen LogP contribution in [0, 0.1) is 5.92 Å². The number of hydrazine groups is 1. The van der Waals surface area contributed by atoms with Crippen LogP contribution in [-0.4, -0.2) is 70.9 Å². The zero-order valence-electron chi connectivity index (χ0n) is 16.9. The van der Waals surface area contributed by atoms with Crippen LogP contribution in [0.2, 0.25) is 0 Å². The molecule has 3 fully saturated rings. The third-order valence-corrected chi connectivity index (χ3v) is 7.18. The van der Waals surface area contributed by atoms with E-state index in [9.17, 15) is 14.4 Å². The predicted molar refractivity (Wildman–Crippen MR) is 110 cm³/mol. The van der Waals surface area contributed by atoms with Gasteiger partial charge >= 0.3 is 6.03 Å². The number of urea groups is 1. The number of hydrogen-bond donors (Lipinski definition) is 2. The first-order valence-corrected chi connectivity index (χ1v) is 11.3. The lowest BCUT2D eigenvalue weighted by molar-refractivity contribution is -0.140. The highest BCUT2D eigenvalue weighted by molar-refractivity contribution is 7.09. The molecule has 4 amide bonds. The van der Waals surface area contributed by atoms with Gasteiger partial charge in [-0.2, -0.15) is 5.01 Å². The Kier molecular flexibility index (Phi) is 5.89. The van der Waals surface area contributed by atoms with E-state index in [1.165, 1.54) is 4.88 Å². The fraction of sp³-hybridized carbons (Fsp3) is 0.650. The Morgan fingerprint density at radius 2 is 1.90 bits per heavy atom. The first-order valence-electron chi connectivity index (χ1n) is 10.4. The van der Waals surface area contributed by atoms with Gasteiger partial charge in [-0.05, 0) is 43.0 Å². The second-order valence-corrected chi connectivity index (χ2v) is 9.53. The molecule has 2 aliphatic heterocycles. The molecule has 0 radical (unpaired) electrons. The molecule has 1 spiro atoms. The van der Waals surface area contributed by atoms with Crippen LogP contribution in [0.1, 0.15) is 37.5 Å². The Hall–Kier alpha value is -1.97. The standard InChI is InChI=1S/C20H29N5O3S/c1-15-4-6-20(7-5-15)18(27)25(19(28)21-20)22-17(26)14-24-10-8-23(9-11-24)13-16-3-2-12-29-16/h2-3,12,15H,4-11,13-14H2,1H3,(H,21,28)(H,22,26). The third-order valence-electron chi connectivity index (χ3n) is 6.32. The summed E-state index contributed by atoms with van der Waals surface area (Å²) in [6.45, 7) is 6.68. The van der Waals surface area contributed by atoms with Crippen LogP contribution >= 0.6 is 11.3 Å². The van der Waals surface area contributed by atoms with Crippen LogP contribution in [0.3, 0.4) is 0 Å². The van der Waals surface area contributed by atoms with Crippen molar-refractivity contribution in [1.29, 1.82) is 0 Å². The van der Waals surface area contributed by atoms with E-state index < -0.39 is 11.6 Å². The summed E-state index contributed by atoms with van der Waals surface area (Å²) in [6.07, 6.45) is 3.09. The van der Waals surface area contributed by atoms with Gasteiger partial charge in [-0.15, -0.1) is 11.3 Å². The number of hydrogen-bond acceptors (Lipinski definition) is 6. The van der Waals surface area contributed by atoms with Crippen molar-refractivity contribution in [2.75, 3.05) is 32.7 Å². The molecule has 0 unspecified atom stereocenters. The average molecular weight is 420 g/mol. The summed E-state index contributed by atoms with van der Waals surface area (Å²) in [5.41, 5.74) is 1.71. The lowest BCUT2D eigenvalue weighted by Crippen LogP contribution is -2.54. The first-order chi connectivity index (χ1) is 13.9. The number of thiophene rings is 1. The van der Waals surface area contributed by atoms with Crippen LogP contribution in [0.4, 0.5) is 4.79 Å². The monoisotopic (exact) mass is 419 g/mol. The Labute approximate surface area is 175 Å². The quantitative estimate of drug-likeness (QED) is 0.705. The molecule has 2 saturated heterocycles. The van der Waals surface area contributed by atoms with Crippen molar-refractivity contribution in [2.24, 2.45) is 5.92 Å². The van der Waals surface area contributed by atoms with E-state index in [2.05, 4.69) is 45.0 Å². The lowest BCUT2D eigenvalue weighted by Gasteiger charge is -2.34. The van der Waals surface area contributed by atoms with Gasteiger partial charge in [0.05, 0.1) is 6.54 Å². The molecule has 1 saturated carbocycles. The summed E-state index contributed by atoms with van der Waals surface area (Å²) in [5, 5.41) is 5.81. The fourth-order valence-electron chi connectivity index (χ4n) is 4.41. The van der Waals surface area contributed by atoms with Gasteiger partial charge in [0.15, 0.2) is 0 Å². The molecule has 158 valence electrons. The largest absolute Gasteiger partial charge is 0.344 e. The summed E-state index contributed by atoms with van der Waals surface area (Å²) in [6, 6.07) is 3.69. The maximum atomic E-state index is 12.8. The summed E-state index contributed by atoms with van der Waals surface area (Å²) < 4.78 is 0. The van der Waals surface area contributed by atoms with Crippen molar-refractivity contribution in [2.45, 2.75) is 44.7 Å². The van der Waals surface area contributed by atoms with E-state index >= 15 is 0 Å². The molecule has 1 aliphatic carbocycles. The number of piperazine rings is 1. The maximum Gasteiger partial charge on any atom is 0.344 e. The van der Waals surface area contributed by atoms with Crippen molar-refractivity contribution in [3.05, 3.63) is 22.4 Å². The average Bonchev–Trinajstić information content (AvgIpc) is 3.29. The van der Waals surface area contributed by atoms with E-state index in [0.29, 0.717) is 18.8 Å². The smallest absolute Gasteiger partial charge is 0.322 e. The van der Waals surface area contributed by atoms with Crippen molar-refractivity contribution in [1.82, 2.24) is 25.6 Å². The highest BCUT2D eigenvalue weighted by Crippen LogP contribution is 2.35. The Morgan fingerprint density at radius 1 is 1.21 bits per heavy atom. The molecular weight excluding hydrogens is 390 g/mol. The second kappa shape index (κ2) is 8.41. The Morgan fingerprint density at radius 3 is 2.55 bits per heavy atom. The second-order valence-electron chi connectivity index (χ2n) is 8.50. The predicted octanol–water partition coefficient (Wildman–Crippen LogP) is 1.40. The molecule has 1 aromatic heterocycles. The van der Waals surface area contributed by atoms with Crippen molar-refractivity contribution >= 4 is 29.2 Å². The van der Waals surface area contributed by atoms with Gasteiger partial charge < -0.3 is 5.32 Å². The van der Waals surface area contributed by atoms with E-state index in [0.717, 1.165) is 50.6 Å². The number of carbonyl (C=O) groups is 3. The van der Waals surface area contributed by atoms with Crippen LogP contribution in [0.15, 0.2) is 17.5 Å². The van der Waals surface area contributed by atoms with Gasteiger partial charge in [-0.3, -0.25) is 24.8 Å². The molecule has 29 heavy (non-hydrogen) atoms.